The second-order valence-electron chi connectivity index (χ2n) is 3.33. The van der Waals surface area contributed by atoms with Crippen LogP contribution >= 0.6 is 23.2 Å². The van der Waals surface area contributed by atoms with Crippen molar-refractivity contribution < 1.29 is 8.42 Å². The molecule has 1 aromatic rings. The summed E-state index contributed by atoms with van der Waals surface area (Å²) in [6, 6.07) is 4.34. The summed E-state index contributed by atoms with van der Waals surface area (Å²) in [5.74, 6) is 0. The molecule has 0 fully saturated rings. The molecule has 6 heteroatoms. The van der Waals surface area contributed by atoms with E-state index in [2.05, 4.69) is 4.72 Å². The third-order valence-corrected chi connectivity index (χ3v) is 4.20. The van der Waals surface area contributed by atoms with E-state index in [0.717, 1.165) is 0 Å². The van der Waals surface area contributed by atoms with E-state index in [1.807, 2.05) is 19.1 Å². The highest BCUT2D eigenvalue weighted by Crippen LogP contribution is 2.24. The molecule has 0 aliphatic carbocycles. The zero-order valence-corrected chi connectivity index (χ0v) is 11.6. The smallest absolute Gasteiger partial charge is 0.211 e. The van der Waals surface area contributed by atoms with Crippen molar-refractivity contribution in [3.8, 4) is 0 Å². The lowest BCUT2D eigenvalue weighted by Crippen LogP contribution is -2.24. The third-order valence-electron chi connectivity index (χ3n) is 2.02. The average Bonchev–Trinajstić information content (AvgIpc) is 2.28. The van der Waals surface area contributed by atoms with Crippen LogP contribution in [0.1, 0.15) is 13.3 Å². The van der Waals surface area contributed by atoms with E-state index in [1.165, 1.54) is 12.1 Å². The Morgan fingerprint density at radius 3 is 2.71 bits per heavy atom. The molecule has 94 valence electrons. The van der Waals surface area contributed by atoms with Crippen molar-refractivity contribution in [1.82, 2.24) is 4.72 Å². The molecule has 0 spiro atoms. The fourth-order valence-electron chi connectivity index (χ4n) is 1.20. The molecule has 17 heavy (non-hydrogen) atoms. The van der Waals surface area contributed by atoms with E-state index in [9.17, 15) is 8.42 Å². The van der Waals surface area contributed by atoms with Gasteiger partial charge in [-0.1, -0.05) is 35.4 Å². The van der Waals surface area contributed by atoms with E-state index in [0.29, 0.717) is 18.0 Å². The predicted molar refractivity (Wildman–Crippen MR) is 71.1 cm³/mol. The van der Waals surface area contributed by atoms with Gasteiger partial charge in [0.2, 0.25) is 10.0 Å². The Labute approximate surface area is 111 Å². The van der Waals surface area contributed by atoms with Crippen LogP contribution in [0.25, 0.3) is 0 Å². The van der Waals surface area contributed by atoms with Crippen molar-refractivity contribution in [3.63, 3.8) is 0 Å². The summed E-state index contributed by atoms with van der Waals surface area (Å²) in [6.45, 7) is 2.21. The van der Waals surface area contributed by atoms with Crippen LogP contribution in [0.5, 0.6) is 0 Å². The molecule has 0 aliphatic heterocycles. The molecule has 1 aromatic carbocycles. The third kappa shape index (κ3) is 4.32. The van der Waals surface area contributed by atoms with Crippen molar-refractivity contribution in [3.05, 3.63) is 40.4 Å². The van der Waals surface area contributed by atoms with Crippen LogP contribution in [0.4, 0.5) is 0 Å². The number of benzene rings is 1. The summed E-state index contributed by atoms with van der Waals surface area (Å²) in [6.07, 6.45) is 4.37. The molecule has 1 rings (SSSR count). The number of rotatable bonds is 5. The predicted octanol–water partition coefficient (Wildman–Crippen LogP) is 3.24. The van der Waals surface area contributed by atoms with Gasteiger partial charge in [0.1, 0.15) is 4.90 Å². The van der Waals surface area contributed by atoms with Crippen molar-refractivity contribution in [1.29, 1.82) is 0 Å². The van der Waals surface area contributed by atoms with Crippen molar-refractivity contribution >= 4 is 33.2 Å². The number of hydrogen-bond acceptors (Lipinski definition) is 2. The monoisotopic (exact) mass is 293 g/mol. The molecule has 0 bridgehead atoms. The first-order chi connectivity index (χ1) is 7.97. The summed E-state index contributed by atoms with van der Waals surface area (Å²) < 4.78 is 26.2. The molecule has 0 unspecified atom stereocenters. The molecule has 0 heterocycles. The van der Waals surface area contributed by atoms with Crippen LogP contribution in [0.15, 0.2) is 35.2 Å². The summed E-state index contributed by atoms with van der Waals surface area (Å²) >= 11 is 11.6. The topological polar surface area (TPSA) is 46.2 Å². The van der Waals surface area contributed by atoms with Crippen LogP contribution in [-0.4, -0.2) is 15.0 Å². The first kappa shape index (κ1) is 14.5. The Morgan fingerprint density at radius 1 is 1.35 bits per heavy atom. The van der Waals surface area contributed by atoms with Crippen molar-refractivity contribution in [2.45, 2.75) is 18.2 Å². The molecule has 0 aromatic heterocycles. The Hall–Kier alpha value is -0.550. The molecular weight excluding hydrogens is 281 g/mol. The van der Waals surface area contributed by atoms with Crippen LogP contribution in [-0.2, 0) is 10.0 Å². The van der Waals surface area contributed by atoms with Crippen LogP contribution in [0, 0.1) is 0 Å². The first-order valence-corrected chi connectivity index (χ1v) is 7.27. The van der Waals surface area contributed by atoms with Crippen molar-refractivity contribution in [2.75, 3.05) is 6.54 Å². The highest BCUT2D eigenvalue weighted by Gasteiger charge is 2.17. The maximum absolute atomic E-state index is 11.9. The summed E-state index contributed by atoms with van der Waals surface area (Å²) in [5.41, 5.74) is 0. The molecule has 0 aliphatic rings. The zero-order valence-electron chi connectivity index (χ0n) is 9.28. The van der Waals surface area contributed by atoms with Gasteiger partial charge >= 0.3 is 0 Å². The standard InChI is InChI=1S/C11H13Cl2NO2S/c1-2-3-4-7-14-17(15,16)11-8-9(12)5-6-10(11)13/h2-3,5-6,8,14H,4,7H2,1H3/b3-2+. The fraction of sp³-hybridized carbons (Fsp3) is 0.273. The van der Waals surface area contributed by atoms with Gasteiger partial charge in [-0.05, 0) is 31.5 Å². The molecular formula is C11H13Cl2NO2S. The normalized spacial score (nSPS) is 12.2. The van der Waals surface area contributed by atoms with Gasteiger partial charge in [-0.25, -0.2) is 13.1 Å². The SMILES string of the molecule is C/C=C/CCNS(=O)(=O)c1cc(Cl)ccc1Cl. The Bertz CT molecular complexity index is 512. The summed E-state index contributed by atoms with van der Waals surface area (Å²) in [4.78, 5) is 0.00662. The second-order valence-corrected chi connectivity index (χ2v) is 5.91. The Balaban J connectivity index is 2.86. The van der Waals surface area contributed by atoms with E-state index in [4.69, 9.17) is 23.2 Å². The van der Waals surface area contributed by atoms with E-state index in [-0.39, 0.29) is 9.92 Å². The summed E-state index contributed by atoms with van der Waals surface area (Å²) in [7, 11) is -3.59. The van der Waals surface area contributed by atoms with Crippen LogP contribution < -0.4 is 4.72 Å². The quantitative estimate of drug-likeness (QED) is 0.669. The lowest BCUT2D eigenvalue weighted by Gasteiger charge is -2.07. The molecule has 0 amide bonds. The zero-order chi connectivity index (χ0) is 12.9. The second kappa shape index (κ2) is 6.40. The van der Waals surface area contributed by atoms with Gasteiger partial charge in [-0.3, -0.25) is 0 Å². The first-order valence-electron chi connectivity index (χ1n) is 5.03. The lowest BCUT2D eigenvalue weighted by molar-refractivity contribution is 0.582. The van der Waals surface area contributed by atoms with Crippen LogP contribution in [0.3, 0.4) is 0 Å². The Kier molecular flexibility index (Phi) is 5.46. The Morgan fingerprint density at radius 2 is 2.06 bits per heavy atom. The minimum Gasteiger partial charge on any atom is -0.211 e. The molecule has 0 saturated carbocycles. The molecule has 3 nitrogen and oxygen atoms in total. The van der Waals surface area contributed by atoms with E-state index < -0.39 is 10.0 Å². The number of allylic oxidation sites excluding steroid dienone is 1. The van der Waals surface area contributed by atoms with Gasteiger partial charge in [-0.15, -0.1) is 0 Å². The number of hydrogen-bond donors (Lipinski definition) is 1. The molecule has 0 saturated heterocycles. The number of sulfonamides is 1. The van der Waals surface area contributed by atoms with Gasteiger partial charge in [0.25, 0.3) is 0 Å². The molecule has 1 N–H and O–H groups in total. The van der Waals surface area contributed by atoms with Gasteiger partial charge in [0.05, 0.1) is 5.02 Å². The molecule has 0 radical (unpaired) electrons. The van der Waals surface area contributed by atoms with E-state index in [1.54, 1.807) is 6.07 Å². The average molecular weight is 294 g/mol. The maximum Gasteiger partial charge on any atom is 0.242 e. The van der Waals surface area contributed by atoms with Gasteiger partial charge in [-0.2, -0.15) is 0 Å². The maximum atomic E-state index is 11.9. The number of halogens is 2. The summed E-state index contributed by atoms with van der Waals surface area (Å²) in [5, 5.41) is 0.496. The highest BCUT2D eigenvalue weighted by atomic mass is 35.5. The highest BCUT2D eigenvalue weighted by molar-refractivity contribution is 7.89. The number of nitrogens with one attached hydrogen (secondary N) is 1. The minimum atomic E-state index is -3.59. The van der Waals surface area contributed by atoms with Crippen LogP contribution in [0.2, 0.25) is 10.0 Å². The largest absolute Gasteiger partial charge is 0.242 e. The fourth-order valence-corrected chi connectivity index (χ4v) is 3.01. The minimum absolute atomic E-state index is 0.00662. The molecule has 0 atom stereocenters. The van der Waals surface area contributed by atoms with Gasteiger partial charge in [0.15, 0.2) is 0 Å². The van der Waals surface area contributed by atoms with Crippen molar-refractivity contribution in [2.24, 2.45) is 0 Å². The van der Waals surface area contributed by atoms with Gasteiger partial charge < -0.3 is 0 Å². The van der Waals surface area contributed by atoms with E-state index >= 15 is 0 Å². The lowest BCUT2D eigenvalue weighted by atomic mass is 10.4. The van der Waals surface area contributed by atoms with Gasteiger partial charge in [0, 0.05) is 11.6 Å².